The van der Waals surface area contributed by atoms with Crippen molar-refractivity contribution < 1.29 is 4.74 Å². The molecule has 7 rings (SSSR count). The number of benzene rings is 1. The highest BCUT2D eigenvalue weighted by Gasteiger charge is 2.30. The van der Waals surface area contributed by atoms with E-state index in [9.17, 15) is 0 Å². The molecule has 2 aliphatic heterocycles. The van der Waals surface area contributed by atoms with Gasteiger partial charge >= 0.3 is 0 Å². The van der Waals surface area contributed by atoms with Crippen molar-refractivity contribution in [1.29, 1.82) is 0 Å². The highest BCUT2D eigenvalue weighted by Crippen LogP contribution is 2.39. The summed E-state index contributed by atoms with van der Waals surface area (Å²) >= 11 is 0. The number of hydrogen-bond donors (Lipinski definition) is 2. The van der Waals surface area contributed by atoms with E-state index in [4.69, 9.17) is 9.72 Å². The lowest BCUT2D eigenvalue weighted by atomic mass is 9.76. The predicted molar refractivity (Wildman–Crippen MR) is 151 cm³/mol. The molecule has 0 spiro atoms. The fourth-order valence-electron chi connectivity index (χ4n) is 5.69. The Morgan fingerprint density at radius 1 is 1.03 bits per heavy atom. The molecule has 0 amide bonds. The summed E-state index contributed by atoms with van der Waals surface area (Å²) in [4.78, 5) is 23.9. The van der Waals surface area contributed by atoms with Crippen LogP contribution in [0.1, 0.15) is 55.8 Å². The van der Waals surface area contributed by atoms with Gasteiger partial charge in [0, 0.05) is 35.1 Å². The summed E-state index contributed by atoms with van der Waals surface area (Å²) in [7, 11) is 0. The first-order chi connectivity index (χ1) is 18.4. The van der Waals surface area contributed by atoms with E-state index < -0.39 is 0 Å². The van der Waals surface area contributed by atoms with E-state index in [1.807, 2.05) is 13.1 Å². The third-order valence-corrected chi connectivity index (χ3v) is 7.79. The van der Waals surface area contributed by atoms with Crippen LogP contribution in [0.3, 0.4) is 0 Å². The largest absolute Gasteiger partial charge is 0.491 e. The van der Waals surface area contributed by atoms with E-state index in [0.717, 1.165) is 71.2 Å². The van der Waals surface area contributed by atoms with Crippen LogP contribution in [-0.4, -0.2) is 51.2 Å². The topological polar surface area (TPSA) is 91.9 Å². The van der Waals surface area contributed by atoms with Crippen LogP contribution < -0.4 is 15.0 Å². The third kappa shape index (κ3) is 5.23. The zero-order valence-electron chi connectivity index (χ0n) is 22.7. The fourth-order valence-corrected chi connectivity index (χ4v) is 5.69. The van der Waals surface area contributed by atoms with Crippen molar-refractivity contribution in [3.63, 3.8) is 0 Å². The van der Waals surface area contributed by atoms with Crippen molar-refractivity contribution in [2.45, 2.75) is 59.4 Å². The molecule has 0 saturated carbocycles. The molecule has 5 heterocycles. The molecule has 1 aliphatic carbocycles. The maximum Gasteiger partial charge on any atom is 0.177 e. The molecule has 1 fully saturated rings. The SMILES string of the molecule is C1CCNC1.Cc1nc2ncc(-c3ccc4c(c3)CN(c3ncnc5c3CC(C)(C)CC5)CCO4)cc2[nH]1. The molecule has 38 heavy (non-hydrogen) atoms. The number of rotatable bonds is 2. The number of H-pyrrole nitrogens is 1. The molecular weight excluding hydrogens is 474 g/mol. The lowest BCUT2D eigenvalue weighted by Crippen LogP contribution is -2.31. The second-order valence-electron chi connectivity index (χ2n) is 11.4. The second-order valence-corrected chi connectivity index (χ2v) is 11.4. The summed E-state index contributed by atoms with van der Waals surface area (Å²) in [5.41, 5.74) is 7.82. The van der Waals surface area contributed by atoms with Crippen LogP contribution in [0, 0.1) is 12.3 Å². The Morgan fingerprint density at radius 3 is 2.71 bits per heavy atom. The lowest BCUT2D eigenvalue weighted by Gasteiger charge is -2.33. The number of nitrogens with one attached hydrogen (secondary N) is 2. The van der Waals surface area contributed by atoms with Gasteiger partial charge in [-0.3, -0.25) is 0 Å². The zero-order chi connectivity index (χ0) is 26.1. The van der Waals surface area contributed by atoms with Crippen LogP contribution in [0.2, 0.25) is 0 Å². The van der Waals surface area contributed by atoms with Gasteiger partial charge in [-0.15, -0.1) is 0 Å². The summed E-state index contributed by atoms with van der Waals surface area (Å²) < 4.78 is 6.13. The Hall–Kier alpha value is -3.52. The molecule has 3 aliphatic rings. The summed E-state index contributed by atoms with van der Waals surface area (Å²) in [6.07, 6.45) is 9.59. The quantitative estimate of drug-likeness (QED) is 0.391. The molecule has 8 nitrogen and oxygen atoms in total. The molecule has 2 N–H and O–H groups in total. The Balaban J connectivity index is 0.000000476. The normalized spacial score (nSPS) is 18.1. The molecule has 0 radical (unpaired) electrons. The number of aryl methyl sites for hydroxylation is 2. The highest BCUT2D eigenvalue weighted by atomic mass is 16.5. The van der Waals surface area contributed by atoms with E-state index in [1.54, 1.807) is 6.33 Å². The first-order valence-electron chi connectivity index (χ1n) is 13.8. The predicted octanol–water partition coefficient (Wildman–Crippen LogP) is 5.01. The summed E-state index contributed by atoms with van der Waals surface area (Å²) in [6, 6.07) is 8.52. The van der Waals surface area contributed by atoms with Crippen LogP contribution in [0.15, 0.2) is 36.8 Å². The number of aromatic nitrogens is 5. The molecule has 1 aromatic carbocycles. The van der Waals surface area contributed by atoms with Gasteiger partial charge in [-0.05, 0) is 81.3 Å². The average Bonchev–Trinajstić information content (AvgIpc) is 3.56. The molecule has 198 valence electrons. The van der Waals surface area contributed by atoms with E-state index in [2.05, 4.69) is 68.3 Å². The van der Waals surface area contributed by atoms with E-state index >= 15 is 0 Å². The number of aromatic amines is 1. The maximum atomic E-state index is 6.13. The third-order valence-electron chi connectivity index (χ3n) is 7.79. The number of ether oxygens (including phenoxy) is 1. The fraction of sp³-hybridized carbons (Fsp3) is 0.467. The van der Waals surface area contributed by atoms with E-state index in [0.29, 0.717) is 6.61 Å². The summed E-state index contributed by atoms with van der Waals surface area (Å²) in [5, 5.41) is 3.22. The first kappa shape index (κ1) is 24.8. The number of imidazole rings is 1. The van der Waals surface area contributed by atoms with Crippen molar-refractivity contribution in [2.75, 3.05) is 31.1 Å². The van der Waals surface area contributed by atoms with Gasteiger partial charge in [0.05, 0.1) is 12.1 Å². The molecular formula is C30H37N7O. The van der Waals surface area contributed by atoms with Gasteiger partial charge in [0.2, 0.25) is 0 Å². The minimum Gasteiger partial charge on any atom is -0.491 e. The van der Waals surface area contributed by atoms with Crippen molar-refractivity contribution in [3.05, 3.63) is 59.4 Å². The monoisotopic (exact) mass is 511 g/mol. The minimum absolute atomic E-state index is 0.274. The molecule has 0 unspecified atom stereocenters. The van der Waals surface area contributed by atoms with Crippen LogP contribution in [0.4, 0.5) is 5.82 Å². The van der Waals surface area contributed by atoms with Gasteiger partial charge in [-0.2, -0.15) is 0 Å². The Labute approximate surface area is 224 Å². The number of pyridine rings is 1. The lowest BCUT2D eigenvalue weighted by molar-refractivity contribution is 0.310. The standard InChI is InChI=1S/C26H28N6O.C4H9N/c1-16-30-22-11-18(13-27-24(22)31-16)17-4-5-23-19(10-17)14-32(8-9-33-23)25-20-12-26(2,3)7-6-21(20)28-15-29-25;1-2-4-5-3-1/h4-5,10-11,13,15H,6-9,12,14H2,1-3H3,(H,27,30,31);5H,1-4H2. The molecule has 3 aromatic heterocycles. The highest BCUT2D eigenvalue weighted by molar-refractivity contribution is 5.78. The molecule has 4 aromatic rings. The molecule has 8 heteroatoms. The summed E-state index contributed by atoms with van der Waals surface area (Å²) in [5.74, 6) is 2.87. The number of fused-ring (bicyclic) bond motifs is 3. The van der Waals surface area contributed by atoms with Crippen LogP contribution in [0.25, 0.3) is 22.3 Å². The Bertz CT molecular complexity index is 1430. The van der Waals surface area contributed by atoms with Crippen LogP contribution in [-0.2, 0) is 19.4 Å². The van der Waals surface area contributed by atoms with Gasteiger partial charge in [0.1, 0.15) is 30.3 Å². The van der Waals surface area contributed by atoms with Crippen molar-refractivity contribution in [1.82, 2.24) is 30.2 Å². The van der Waals surface area contributed by atoms with Gasteiger partial charge in [0.15, 0.2) is 5.65 Å². The number of anilines is 1. The number of hydrogen-bond acceptors (Lipinski definition) is 7. The minimum atomic E-state index is 0.274. The Morgan fingerprint density at radius 2 is 1.89 bits per heavy atom. The van der Waals surface area contributed by atoms with Gasteiger partial charge in [0.25, 0.3) is 0 Å². The van der Waals surface area contributed by atoms with E-state index in [1.165, 1.54) is 43.6 Å². The van der Waals surface area contributed by atoms with Crippen molar-refractivity contribution in [2.24, 2.45) is 5.41 Å². The van der Waals surface area contributed by atoms with Gasteiger partial charge in [-0.25, -0.2) is 19.9 Å². The van der Waals surface area contributed by atoms with Crippen molar-refractivity contribution >= 4 is 17.0 Å². The second kappa shape index (κ2) is 10.3. The van der Waals surface area contributed by atoms with Gasteiger partial charge in [-0.1, -0.05) is 19.9 Å². The Kier molecular flexibility index (Phi) is 6.74. The van der Waals surface area contributed by atoms with Crippen LogP contribution >= 0.6 is 0 Å². The number of nitrogens with zero attached hydrogens (tertiary/aromatic N) is 5. The molecule has 1 saturated heterocycles. The van der Waals surface area contributed by atoms with E-state index in [-0.39, 0.29) is 5.41 Å². The smallest absolute Gasteiger partial charge is 0.177 e. The zero-order valence-corrected chi connectivity index (χ0v) is 22.7. The average molecular weight is 512 g/mol. The molecule has 0 bridgehead atoms. The van der Waals surface area contributed by atoms with Crippen LogP contribution in [0.5, 0.6) is 5.75 Å². The first-order valence-corrected chi connectivity index (χ1v) is 13.8. The molecule has 0 atom stereocenters. The van der Waals surface area contributed by atoms with Crippen molar-refractivity contribution in [3.8, 4) is 16.9 Å². The van der Waals surface area contributed by atoms with Gasteiger partial charge < -0.3 is 19.9 Å². The summed E-state index contributed by atoms with van der Waals surface area (Å²) in [6.45, 7) is 11.3. The maximum absolute atomic E-state index is 6.13.